The lowest BCUT2D eigenvalue weighted by Gasteiger charge is -2.07. The van der Waals surface area contributed by atoms with Gasteiger partial charge in [0.2, 0.25) is 0 Å². The van der Waals surface area contributed by atoms with Crippen molar-refractivity contribution in [3.63, 3.8) is 0 Å². The first-order valence-corrected chi connectivity index (χ1v) is 5.17. The molecule has 1 fully saturated rings. The second kappa shape index (κ2) is 5.21. The Labute approximate surface area is 86.3 Å². The lowest BCUT2D eigenvalue weighted by molar-refractivity contribution is -0.109. The van der Waals surface area contributed by atoms with E-state index in [4.69, 9.17) is 10.5 Å². The minimum Gasteiger partial charge on any atom is -0.447 e. The van der Waals surface area contributed by atoms with E-state index in [9.17, 15) is 9.59 Å². The quantitative estimate of drug-likeness (QED) is 0.748. The summed E-state index contributed by atoms with van der Waals surface area (Å²) in [6.07, 6.45) is -0.201. The first kappa shape index (κ1) is 11.3. The number of hydrogen-bond acceptors (Lipinski definition) is 5. The fraction of sp³-hybridized carbons (Fsp3) is 0.750. The Morgan fingerprint density at radius 3 is 2.93 bits per heavy atom. The summed E-state index contributed by atoms with van der Waals surface area (Å²) in [5.74, 6) is 0. The topological polar surface area (TPSA) is 78.6 Å². The van der Waals surface area contributed by atoms with Crippen molar-refractivity contribution in [2.45, 2.75) is 24.7 Å². The zero-order chi connectivity index (χ0) is 10.6. The molecule has 14 heavy (non-hydrogen) atoms. The van der Waals surface area contributed by atoms with Crippen LogP contribution in [0.25, 0.3) is 0 Å². The van der Waals surface area contributed by atoms with E-state index in [1.165, 1.54) is 18.7 Å². The van der Waals surface area contributed by atoms with Crippen LogP contribution in [-0.4, -0.2) is 35.8 Å². The fourth-order valence-corrected chi connectivity index (χ4v) is 2.21. The zero-order valence-corrected chi connectivity index (χ0v) is 8.71. The predicted molar refractivity (Wildman–Crippen MR) is 52.0 cm³/mol. The maximum atomic E-state index is 10.8. The molecule has 1 aliphatic rings. The molecule has 1 heterocycles. The van der Waals surface area contributed by atoms with E-state index >= 15 is 0 Å². The van der Waals surface area contributed by atoms with Crippen LogP contribution in [0.15, 0.2) is 0 Å². The van der Waals surface area contributed by atoms with Crippen LogP contribution in [0.4, 0.5) is 4.79 Å². The maximum Gasteiger partial charge on any atom is 0.404 e. The number of amides is 1. The second-order valence-electron chi connectivity index (χ2n) is 3.05. The molecule has 0 spiro atoms. The van der Waals surface area contributed by atoms with Gasteiger partial charge in [0.05, 0.1) is 12.7 Å². The summed E-state index contributed by atoms with van der Waals surface area (Å²) in [4.78, 5) is 21.1. The fourth-order valence-electron chi connectivity index (χ4n) is 1.28. The molecule has 0 aromatic heterocycles. The lowest BCUT2D eigenvalue weighted by atomic mass is 10.2. The molecule has 5 nitrogen and oxygen atoms in total. The van der Waals surface area contributed by atoms with Crippen LogP contribution in [-0.2, 0) is 14.3 Å². The molecule has 0 aromatic carbocycles. The minimum absolute atomic E-state index is 0.0788. The van der Waals surface area contributed by atoms with Gasteiger partial charge in [-0.15, -0.1) is 0 Å². The maximum absolute atomic E-state index is 10.8. The zero-order valence-electron chi connectivity index (χ0n) is 7.89. The van der Waals surface area contributed by atoms with Gasteiger partial charge in [0, 0.05) is 12.2 Å². The third-order valence-electron chi connectivity index (χ3n) is 1.79. The Kier molecular flexibility index (Phi) is 4.21. The molecule has 1 amide bonds. The normalized spacial score (nSPS) is 26.1. The molecule has 0 radical (unpaired) electrons. The van der Waals surface area contributed by atoms with Gasteiger partial charge in [0.25, 0.3) is 0 Å². The van der Waals surface area contributed by atoms with Gasteiger partial charge in [-0.2, -0.15) is 0 Å². The molecule has 0 aliphatic carbocycles. The van der Waals surface area contributed by atoms with Gasteiger partial charge >= 0.3 is 6.09 Å². The third-order valence-corrected chi connectivity index (χ3v) is 2.78. The monoisotopic (exact) mass is 219 g/mol. The van der Waals surface area contributed by atoms with Crippen LogP contribution in [0, 0.1) is 0 Å². The molecule has 1 rings (SSSR count). The Morgan fingerprint density at radius 1 is 1.64 bits per heavy atom. The molecule has 2 N–H and O–H groups in total. The number of carbonyl (C=O) groups excluding carboxylic acids is 2. The Morgan fingerprint density at radius 2 is 2.36 bits per heavy atom. The van der Waals surface area contributed by atoms with E-state index in [0.29, 0.717) is 6.61 Å². The van der Waals surface area contributed by atoms with Gasteiger partial charge in [-0.25, -0.2) is 4.79 Å². The molecule has 0 bridgehead atoms. The summed E-state index contributed by atoms with van der Waals surface area (Å²) in [6, 6.07) is 0. The average molecular weight is 219 g/mol. The highest BCUT2D eigenvalue weighted by Gasteiger charge is 2.27. The van der Waals surface area contributed by atoms with Gasteiger partial charge in [-0.3, -0.25) is 4.79 Å². The number of primary amides is 1. The van der Waals surface area contributed by atoms with Gasteiger partial charge in [-0.05, 0) is 6.42 Å². The molecular formula is C8H13NO4S. The summed E-state index contributed by atoms with van der Waals surface area (Å²) < 4.78 is 9.91. The molecule has 0 unspecified atom stereocenters. The Bertz CT molecular complexity index is 233. The van der Waals surface area contributed by atoms with Crippen LogP contribution < -0.4 is 5.73 Å². The standard InChI is InChI=1S/C8H13NO4S/c1-5(10)14-7-2-6(12-4-7)3-13-8(9)11/h6-7H,2-4H2,1H3,(H2,9,11)/t6-,7+/m0/s1. The highest BCUT2D eigenvalue weighted by molar-refractivity contribution is 8.14. The molecule has 6 heteroatoms. The molecule has 80 valence electrons. The largest absolute Gasteiger partial charge is 0.447 e. The van der Waals surface area contributed by atoms with Gasteiger partial charge < -0.3 is 15.2 Å². The van der Waals surface area contributed by atoms with Crippen molar-refractivity contribution in [1.29, 1.82) is 0 Å². The van der Waals surface area contributed by atoms with Crippen LogP contribution in [0.5, 0.6) is 0 Å². The van der Waals surface area contributed by atoms with Crippen LogP contribution >= 0.6 is 11.8 Å². The molecule has 0 saturated carbocycles. The number of nitrogens with two attached hydrogens (primary N) is 1. The van der Waals surface area contributed by atoms with Crippen LogP contribution in [0.3, 0.4) is 0 Å². The van der Waals surface area contributed by atoms with Crippen molar-refractivity contribution in [2.75, 3.05) is 13.2 Å². The number of thioether (sulfide) groups is 1. The van der Waals surface area contributed by atoms with Crippen LogP contribution in [0.1, 0.15) is 13.3 Å². The molecule has 2 atom stereocenters. The predicted octanol–water partition coefficient (Wildman–Crippen LogP) is 0.519. The molecule has 0 aromatic rings. The third kappa shape index (κ3) is 3.97. The van der Waals surface area contributed by atoms with Crippen molar-refractivity contribution < 1.29 is 19.1 Å². The summed E-state index contributed by atoms with van der Waals surface area (Å²) in [5, 5.41) is 0.254. The molecule has 1 saturated heterocycles. The second-order valence-corrected chi connectivity index (χ2v) is 4.53. The van der Waals surface area contributed by atoms with Crippen LogP contribution in [0.2, 0.25) is 0 Å². The molecular weight excluding hydrogens is 206 g/mol. The van der Waals surface area contributed by atoms with E-state index in [1.54, 1.807) is 0 Å². The number of hydrogen-bond donors (Lipinski definition) is 1. The smallest absolute Gasteiger partial charge is 0.404 e. The van der Waals surface area contributed by atoms with Crippen molar-refractivity contribution >= 4 is 23.0 Å². The van der Waals surface area contributed by atoms with Gasteiger partial charge in [0.15, 0.2) is 5.12 Å². The minimum atomic E-state index is -0.795. The number of ether oxygens (including phenoxy) is 2. The van der Waals surface area contributed by atoms with Crippen molar-refractivity contribution in [1.82, 2.24) is 0 Å². The lowest BCUT2D eigenvalue weighted by Crippen LogP contribution is -2.21. The highest BCUT2D eigenvalue weighted by Crippen LogP contribution is 2.25. The van der Waals surface area contributed by atoms with E-state index in [1.807, 2.05) is 0 Å². The van der Waals surface area contributed by atoms with Crippen molar-refractivity contribution in [2.24, 2.45) is 5.73 Å². The van der Waals surface area contributed by atoms with Crippen molar-refractivity contribution in [3.05, 3.63) is 0 Å². The summed E-state index contributed by atoms with van der Waals surface area (Å²) >= 11 is 1.26. The summed E-state index contributed by atoms with van der Waals surface area (Å²) in [5.41, 5.74) is 4.81. The van der Waals surface area contributed by atoms with Gasteiger partial charge in [0.1, 0.15) is 6.61 Å². The van der Waals surface area contributed by atoms with Crippen molar-refractivity contribution in [3.8, 4) is 0 Å². The van der Waals surface area contributed by atoms with E-state index in [-0.39, 0.29) is 23.1 Å². The summed E-state index contributed by atoms with van der Waals surface area (Å²) in [7, 11) is 0. The molecule has 1 aliphatic heterocycles. The first-order chi connectivity index (χ1) is 6.58. The highest BCUT2D eigenvalue weighted by atomic mass is 32.2. The Balaban J connectivity index is 2.20. The number of rotatable bonds is 3. The van der Waals surface area contributed by atoms with E-state index < -0.39 is 6.09 Å². The number of carbonyl (C=O) groups is 2. The van der Waals surface area contributed by atoms with E-state index in [0.717, 1.165) is 6.42 Å². The first-order valence-electron chi connectivity index (χ1n) is 4.29. The SMILES string of the molecule is CC(=O)S[C@H]1CO[C@H](COC(N)=O)C1. The average Bonchev–Trinajstić information content (AvgIpc) is 2.47. The van der Waals surface area contributed by atoms with E-state index in [2.05, 4.69) is 4.74 Å². The Hall–Kier alpha value is -0.750. The van der Waals surface area contributed by atoms with Gasteiger partial charge in [-0.1, -0.05) is 11.8 Å². The summed E-state index contributed by atoms with van der Waals surface area (Å²) in [6.45, 7) is 2.22.